The van der Waals surface area contributed by atoms with E-state index >= 15 is 0 Å². The number of rotatable bonds is 5. The third kappa shape index (κ3) is 3.84. The van der Waals surface area contributed by atoms with Crippen molar-refractivity contribution in [2.45, 2.75) is 33.8 Å². The van der Waals surface area contributed by atoms with Crippen LogP contribution in [0.15, 0.2) is 18.5 Å². The number of esters is 1. The average Bonchev–Trinajstić information content (AvgIpc) is 2.95. The Morgan fingerprint density at radius 3 is 2.67 bits per heavy atom. The van der Waals surface area contributed by atoms with Crippen molar-refractivity contribution in [2.24, 2.45) is 0 Å². The molecule has 2 heterocycles. The van der Waals surface area contributed by atoms with Crippen molar-refractivity contribution < 1.29 is 14.3 Å². The molecule has 0 aliphatic rings. The lowest BCUT2D eigenvalue weighted by Gasteiger charge is -2.13. The van der Waals surface area contributed by atoms with E-state index in [0.29, 0.717) is 26.3 Å². The molecule has 0 saturated heterocycles. The predicted octanol–water partition coefficient (Wildman–Crippen LogP) is 5.28. The predicted molar refractivity (Wildman–Crippen MR) is 109 cm³/mol. The number of nitrogens with one attached hydrogen (secondary N) is 1. The number of hydrogen-bond acceptors (Lipinski definition) is 7. The lowest BCUT2D eigenvalue weighted by atomic mass is 10.1. The zero-order chi connectivity index (χ0) is 19.7. The SMILES string of the molecule is COc1cc(Cl)c(C)cc1Nc1ncnc2sc(C(=O)OC(C)C)c(C)c12. The van der Waals surface area contributed by atoms with Gasteiger partial charge in [-0.25, -0.2) is 14.8 Å². The number of aryl methyl sites for hydroxylation is 2. The standard InChI is InChI=1S/C19H20ClN3O3S/c1-9(2)26-19(24)16-11(4)15-17(21-8-22-18(15)27-16)23-13-6-10(3)12(20)7-14(13)25-5/h6-9H,1-5H3,(H,21,22,23). The zero-order valence-corrected chi connectivity index (χ0v) is 17.3. The Kier molecular flexibility index (Phi) is 5.53. The second-order valence-corrected chi connectivity index (χ2v) is 7.75. The number of methoxy groups -OCH3 is 1. The molecule has 0 fully saturated rings. The first kappa shape index (κ1) is 19.4. The minimum Gasteiger partial charge on any atom is -0.495 e. The van der Waals surface area contributed by atoms with E-state index in [1.165, 1.54) is 17.7 Å². The van der Waals surface area contributed by atoms with E-state index in [1.54, 1.807) is 13.2 Å². The van der Waals surface area contributed by atoms with Crippen molar-refractivity contribution in [3.63, 3.8) is 0 Å². The van der Waals surface area contributed by atoms with Gasteiger partial charge in [0.05, 0.1) is 24.3 Å². The lowest BCUT2D eigenvalue weighted by Crippen LogP contribution is -2.11. The highest BCUT2D eigenvalue weighted by molar-refractivity contribution is 7.20. The van der Waals surface area contributed by atoms with E-state index in [1.807, 2.05) is 33.8 Å². The van der Waals surface area contributed by atoms with Crippen molar-refractivity contribution in [3.8, 4) is 5.75 Å². The summed E-state index contributed by atoms with van der Waals surface area (Å²) < 4.78 is 10.8. The molecule has 27 heavy (non-hydrogen) atoms. The lowest BCUT2D eigenvalue weighted by molar-refractivity contribution is 0.0383. The number of hydrogen-bond donors (Lipinski definition) is 1. The van der Waals surface area contributed by atoms with Gasteiger partial charge in [-0.2, -0.15) is 0 Å². The summed E-state index contributed by atoms with van der Waals surface area (Å²) in [6, 6.07) is 3.65. The van der Waals surface area contributed by atoms with Gasteiger partial charge in [0.1, 0.15) is 27.6 Å². The molecule has 8 heteroatoms. The minimum absolute atomic E-state index is 0.188. The van der Waals surface area contributed by atoms with Gasteiger partial charge in [0.25, 0.3) is 0 Å². The maximum Gasteiger partial charge on any atom is 0.348 e. The van der Waals surface area contributed by atoms with Gasteiger partial charge in [-0.3, -0.25) is 0 Å². The molecule has 0 spiro atoms. The average molecular weight is 406 g/mol. The van der Waals surface area contributed by atoms with E-state index < -0.39 is 0 Å². The monoisotopic (exact) mass is 405 g/mol. The van der Waals surface area contributed by atoms with Crippen LogP contribution in [0.5, 0.6) is 5.75 Å². The van der Waals surface area contributed by atoms with Crippen molar-refractivity contribution >= 4 is 50.6 Å². The van der Waals surface area contributed by atoms with Gasteiger partial charge in [-0.1, -0.05) is 11.6 Å². The van der Waals surface area contributed by atoms with Crippen LogP contribution < -0.4 is 10.1 Å². The Balaban J connectivity index is 2.07. The highest BCUT2D eigenvalue weighted by Crippen LogP contribution is 2.38. The zero-order valence-electron chi connectivity index (χ0n) is 15.7. The van der Waals surface area contributed by atoms with Gasteiger partial charge in [0.2, 0.25) is 0 Å². The molecule has 2 aromatic heterocycles. The summed E-state index contributed by atoms with van der Waals surface area (Å²) in [6.45, 7) is 7.43. The number of carbonyl (C=O) groups excluding carboxylic acids is 1. The number of thiophene rings is 1. The summed E-state index contributed by atoms with van der Waals surface area (Å²) >= 11 is 7.48. The Morgan fingerprint density at radius 1 is 1.26 bits per heavy atom. The maximum absolute atomic E-state index is 12.4. The van der Waals surface area contributed by atoms with E-state index in [0.717, 1.165) is 22.2 Å². The van der Waals surface area contributed by atoms with Gasteiger partial charge in [0.15, 0.2) is 0 Å². The molecular weight excluding hydrogens is 386 g/mol. The van der Waals surface area contributed by atoms with Gasteiger partial charge in [-0.15, -0.1) is 11.3 Å². The van der Waals surface area contributed by atoms with Crippen LogP contribution in [-0.4, -0.2) is 29.2 Å². The molecule has 0 aliphatic carbocycles. The summed E-state index contributed by atoms with van der Waals surface area (Å²) in [6.07, 6.45) is 1.28. The fraction of sp³-hybridized carbons (Fsp3) is 0.316. The van der Waals surface area contributed by atoms with Crippen LogP contribution in [0, 0.1) is 13.8 Å². The van der Waals surface area contributed by atoms with Crippen LogP contribution in [0.4, 0.5) is 11.5 Å². The quantitative estimate of drug-likeness (QED) is 0.582. The smallest absolute Gasteiger partial charge is 0.348 e. The Labute approximate surface area is 166 Å². The van der Waals surface area contributed by atoms with Crippen LogP contribution in [0.3, 0.4) is 0 Å². The Bertz CT molecular complexity index is 1020. The second-order valence-electron chi connectivity index (χ2n) is 6.34. The van der Waals surface area contributed by atoms with Crippen molar-refractivity contribution in [1.29, 1.82) is 0 Å². The van der Waals surface area contributed by atoms with Crippen LogP contribution in [0.2, 0.25) is 5.02 Å². The van der Waals surface area contributed by atoms with E-state index in [4.69, 9.17) is 21.1 Å². The molecule has 0 aliphatic heterocycles. The first-order chi connectivity index (χ1) is 12.8. The molecule has 0 amide bonds. The molecule has 6 nitrogen and oxygen atoms in total. The summed E-state index contributed by atoms with van der Waals surface area (Å²) in [5, 5.41) is 4.69. The minimum atomic E-state index is -0.351. The molecule has 0 unspecified atom stereocenters. The highest BCUT2D eigenvalue weighted by Gasteiger charge is 2.21. The Hall–Kier alpha value is -2.38. The number of anilines is 2. The third-order valence-electron chi connectivity index (χ3n) is 3.99. The maximum atomic E-state index is 12.4. The largest absolute Gasteiger partial charge is 0.495 e. The normalized spacial score (nSPS) is 11.1. The Morgan fingerprint density at radius 2 is 2.00 bits per heavy atom. The number of benzene rings is 1. The molecule has 0 radical (unpaired) electrons. The topological polar surface area (TPSA) is 73.3 Å². The van der Waals surface area contributed by atoms with Crippen LogP contribution >= 0.6 is 22.9 Å². The van der Waals surface area contributed by atoms with Crippen LogP contribution in [0.1, 0.15) is 34.6 Å². The van der Waals surface area contributed by atoms with E-state index in [-0.39, 0.29) is 12.1 Å². The second kappa shape index (κ2) is 7.70. The summed E-state index contributed by atoms with van der Waals surface area (Å²) in [4.78, 5) is 22.3. The summed E-state index contributed by atoms with van der Waals surface area (Å²) in [7, 11) is 1.58. The molecule has 3 aromatic rings. The fourth-order valence-corrected chi connectivity index (χ4v) is 3.87. The van der Waals surface area contributed by atoms with Crippen LogP contribution in [-0.2, 0) is 4.74 Å². The molecule has 142 valence electrons. The number of halogens is 1. The van der Waals surface area contributed by atoms with E-state index in [9.17, 15) is 4.79 Å². The number of fused-ring (bicyclic) bond motifs is 1. The van der Waals surface area contributed by atoms with Gasteiger partial charge in [0, 0.05) is 11.1 Å². The van der Waals surface area contributed by atoms with Gasteiger partial charge < -0.3 is 14.8 Å². The van der Waals surface area contributed by atoms with Crippen molar-refractivity contribution in [3.05, 3.63) is 39.5 Å². The highest BCUT2D eigenvalue weighted by atomic mass is 35.5. The number of nitrogens with zero attached hydrogens (tertiary/aromatic N) is 2. The van der Waals surface area contributed by atoms with E-state index in [2.05, 4.69) is 15.3 Å². The van der Waals surface area contributed by atoms with Gasteiger partial charge >= 0.3 is 5.97 Å². The van der Waals surface area contributed by atoms with Crippen molar-refractivity contribution in [1.82, 2.24) is 9.97 Å². The first-order valence-electron chi connectivity index (χ1n) is 8.38. The molecule has 1 N–H and O–H groups in total. The van der Waals surface area contributed by atoms with Gasteiger partial charge in [-0.05, 0) is 44.9 Å². The number of carbonyl (C=O) groups is 1. The molecule has 3 rings (SSSR count). The summed E-state index contributed by atoms with van der Waals surface area (Å²) in [5.41, 5.74) is 2.43. The van der Waals surface area contributed by atoms with Crippen molar-refractivity contribution in [2.75, 3.05) is 12.4 Å². The molecule has 0 bridgehead atoms. The molecule has 1 aromatic carbocycles. The first-order valence-corrected chi connectivity index (χ1v) is 9.57. The number of aromatic nitrogens is 2. The molecule has 0 atom stereocenters. The van der Waals surface area contributed by atoms with Crippen LogP contribution in [0.25, 0.3) is 10.2 Å². The number of ether oxygens (including phenoxy) is 2. The molecule has 0 saturated carbocycles. The molecular formula is C19H20ClN3O3S. The fourth-order valence-electron chi connectivity index (χ4n) is 2.69. The third-order valence-corrected chi connectivity index (χ3v) is 5.58. The summed E-state index contributed by atoms with van der Waals surface area (Å²) in [5.74, 6) is 0.846.